The lowest BCUT2D eigenvalue weighted by Crippen LogP contribution is -2.31. The molecule has 0 radical (unpaired) electrons. The average molecular weight is 802 g/mol. The second kappa shape index (κ2) is 17.9. The monoisotopic (exact) mass is 801 g/mol. The number of anilines is 3. The minimum atomic E-state index is -0.290. The largest absolute Gasteiger partial charge is 0.491 e. The van der Waals surface area contributed by atoms with E-state index in [0.717, 1.165) is 50.0 Å². The van der Waals surface area contributed by atoms with Gasteiger partial charge in [0.15, 0.2) is 0 Å². The predicted molar refractivity (Wildman–Crippen MR) is 230 cm³/mol. The van der Waals surface area contributed by atoms with E-state index >= 15 is 0 Å². The molecular weight excluding hydrogens is 755 g/mol. The smallest absolute Gasteiger partial charge is 0.274 e. The number of amides is 5. The number of aryl methyl sites for hydroxylation is 1. The van der Waals surface area contributed by atoms with Gasteiger partial charge in [-0.05, 0) is 97.3 Å². The van der Waals surface area contributed by atoms with Crippen molar-refractivity contribution in [2.24, 2.45) is 0 Å². The zero-order valence-corrected chi connectivity index (χ0v) is 33.5. The van der Waals surface area contributed by atoms with E-state index in [1.165, 1.54) is 28.2 Å². The molecule has 7 rings (SSSR count). The van der Waals surface area contributed by atoms with E-state index in [1.807, 2.05) is 60.5 Å². The lowest BCUT2D eigenvalue weighted by molar-refractivity contribution is -0.137. The fourth-order valence-corrected chi connectivity index (χ4v) is 8.45. The molecule has 0 bridgehead atoms. The van der Waals surface area contributed by atoms with E-state index in [2.05, 4.69) is 32.8 Å². The molecular formula is C44H47N7O6S. The third kappa shape index (κ3) is 8.98. The quantitative estimate of drug-likeness (QED) is 0.0270. The SMILES string of the molecule is Cc1csc2c(OCCN(C)CCNC=O)cc3c(c12)CCN3C(=O)c1cc2cc(/C=C/c3cc(NC(=O)CCCCCN4C(=O)C=CC4=O)ccc3N)ccc2[nH]1. The van der Waals surface area contributed by atoms with Gasteiger partial charge in [0.25, 0.3) is 17.7 Å². The van der Waals surface area contributed by atoms with Gasteiger partial charge in [0.2, 0.25) is 12.3 Å². The van der Waals surface area contributed by atoms with Gasteiger partial charge >= 0.3 is 0 Å². The van der Waals surface area contributed by atoms with E-state index in [0.29, 0.717) is 88.5 Å². The van der Waals surface area contributed by atoms with Crippen molar-refractivity contribution in [2.45, 2.75) is 39.0 Å². The van der Waals surface area contributed by atoms with Crippen molar-refractivity contribution in [3.63, 3.8) is 0 Å². The van der Waals surface area contributed by atoms with Gasteiger partial charge in [-0.1, -0.05) is 24.6 Å². The molecule has 0 spiro atoms. The first kappa shape index (κ1) is 40.0. The molecule has 2 aromatic heterocycles. The van der Waals surface area contributed by atoms with E-state index in [4.69, 9.17) is 10.5 Å². The van der Waals surface area contributed by atoms with E-state index in [9.17, 15) is 24.0 Å². The van der Waals surface area contributed by atoms with Crippen LogP contribution in [0.1, 0.15) is 58.4 Å². The standard InChI is InChI=1S/C44H47N7O6S/c1-28-26-58-43-38(57-21-20-49(2)19-16-46-27-52)25-37-33(42(28)43)15-18-50(37)44(56)36-24-31-22-29(8-12-35(31)48-36)7-9-30-23-32(10-11-34(30)45)47-39(53)6-4-3-5-17-51-40(54)13-14-41(51)55/h7-14,22-27,48H,3-6,15-21,45H2,1-2H3,(H,46,52)(H,47,53)/b9-7+. The number of likely N-dealkylation sites (N-methyl/N-ethyl adjacent to an activating group) is 1. The topological polar surface area (TPSA) is 170 Å². The fourth-order valence-electron chi connectivity index (χ4n) is 7.40. The second-order valence-corrected chi connectivity index (χ2v) is 15.5. The summed E-state index contributed by atoms with van der Waals surface area (Å²) in [6.07, 6.45) is 10.2. The third-order valence-corrected chi connectivity index (χ3v) is 11.7. The van der Waals surface area contributed by atoms with Gasteiger partial charge in [-0.2, -0.15) is 0 Å². The average Bonchev–Trinajstić information content (AvgIpc) is 4.00. The summed E-state index contributed by atoms with van der Waals surface area (Å²) in [6, 6.07) is 15.2. The zero-order valence-electron chi connectivity index (χ0n) is 32.6. The number of aromatic amines is 1. The van der Waals surface area contributed by atoms with Crippen LogP contribution in [0.3, 0.4) is 0 Å². The molecule has 3 aromatic carbocycles. The molecule has 14 heteroatoms. The molecule has 2 aliphatic rings. The second-order valence-electron chi connectivity index (χ2n) is 14.7. The highest BCUT2D eigenvalue weighted by atomic mass is 32.1. The molecule has 5 aromatic rings. The Kier molecular flexibility index (Phi) is 12.3. The van der Waals surface area contributed by atoms with Crippen LogP contribution in [0.4, 0.5) is 17.1 Å². The Bertz CT molecular complexity index is 2430. The van der Waals surface area contributed by atoms with Crippen LogP contribution in [0.15, 0.2) is 66.1 Å². The number of aromatic nitrogens is 1. The number of nitrogens with one attached hydrogen (secondary N) is 3. The van der Waals surface area contributed by atoms with Crippen molar-refractivity contribution in [3.8, 4) is 5.75 Å². The highest BCUT2D eigenvalue weighted by molar-refractivity contribution is 7.17. The number of rotatable bonds is 18. The van der Waals surface area contributed by atoms with Crippen LogP contribution in [-0.4, -0.2) is 91.2 Å². The highest BCUT2D eigenvalue weighted by Gasteiger charge is 2.31. The molecule has 5 N–H and O–H groups in total. The summed E-state index contributed by atoms with van der Waals surface area (Å²) in [5.41, 5.74) is 13.7. The summed E-state index contributed by atoms with van der Waals surface area (Å²) < 4.78 is 7.43. The van der Waals surface area contributed by atoms with Gasteiger partial charge in [-0.3, -0.25) is 28.9 Å². The summed E-state index contributed by atoms with van der Waals surface area (Å²) >= 11 is 1.66. The Labute approximate surface area is 340 Å². The summed E-state index contributed by atoms with van der Waals surface area (Å²) in [7, 11) is 1.99. The molecule has 0 unspecified atom stereocenters. The van der Waals surface area contributed by atoms with Crippen LogP contribution in [-0.2, 0) is 25.6 Å². The predicted octanol–water partition coefficient (Wildman–Crippen LogP) is 6.13. The maximum absolute atomic E-state index is 14.1. The Morgan fingerprint density at radius 1 is 1.02 bits per heavy atom. The molecule has 13 nitrogen and oxygen atoms in total. The van der Waals surface area contributed by atoms with Gasteiger partial charge in [0.1, 0.15) is 18.1 Å². The Balaban J connectivity index is 0.981. The lowest BCUT2D eigenvalue weighted by Gasteiger charge is -2.20. The minimum absolute atomic E-state index is 0.105. The first-order valence-electron chi connectivity index (χ1n) is 19.5. The van der Waals surface area contributed by atoms with Gasteiger partial charge in [0, 0.05) is 85.0 Å². The summed E-state index contributed by atoms with van der Waals surface area (Å²) in [6.45, 7) is 5.47. The van der Waals surface area contributed by atoms with Crippen molar-refractivity contribution < 1.29 is 28.7 Å². The first-order valence-corrected chi connectivity index (χ1v) is 20.3. The Morgan fingerprint density at radius 3 is 2.66 bits per heavy atom. The maximum atomic E-state index is 14.1. The highest BCUT2D eigenvalue weighted by Crippen LogP contribution is 2.44. The van der Waals surface area contributed by atoms with Crippen LogP contribution in [0, 0.1) is 6.92 Å². The number of benzene rings is 3. The molecule has 2 aliphatic heterocycles. The number of H-pyrrole nitrogens is 1. The Hall–Kier alpha value is -6.25. The van der Waals surface area contributed by atoms with Gasteiger partial charge in [0.05, 0.1) is 10.4 Å². The summed E-state index contributed by atoms with van der Waals surface area (Å²) in [5.74, 6) is -0.0405. The number of hydrogen-bond donors (Lipinski definition) is 4. The number of thiophene rings is 1. The number of fused-ring (bicyclic) bond motifs is 4. The van der Waals surface area contributed by atoms with Crippen LogP contribution in [0.5, 0.6) is 5.75 Å². The van der Waals surface area contributed by atoms with Crippen molar-refractivity contribution in [1.82, 2.24) is 20.1 Å². The van der Waals surface area contributed by atoms with E-state index < -0.39 is 0 Å². The fraction of sp³-hybridized carbons (Fsp3) is 0.295. The normalized spacial score (nSPS) is 13.8. The van der Waals surface area contributed by atoms with Gasteiger partial charge < -0.3 is 35.9 Å². The molecule has 0 saturated heterocycles. The number of nitrogens with zero attached hydrogens (tertiary/aromatic N) is 3. The molecule has 0 saturated carbocycles. The molecule has 0 aliphatic carbocycles. The molecule has 58 heavy (non-hydrogen) atoms. The number of carbonyl (C=O) groups excluding carboxylic acids is 5. The number of nitrogens with two attached hydrogens (primary N) is 1. The minimum Gasteiger partial charge on any atom is -0.491 e. The summed E-state index contributed by atoms with van der Waals surface area (Å²) in [5, 5.41) is 9.83. The van der Waals surface area contributed by atoms with Crippen LogP contribution in [0.2, 0.25) is 0 Å². The maximum Gasteiger partial charge on any atom is 0.274 e. The number of hydrogen-bond acceptors (Lipinski definition) is 9. The molecule has 0 atom stereocenters. The van der Waals surface area contributed by atoms with E-state index in [-0.39, 0.29) is 23.6 Å². The van der Waals surface area contributed by atoms with Gasteiger partial charge in [-0.15, -0.1) is 11.3 Å². The van der Waals surface area contributed by atoms with E-state index in [1.54, 1.807) is 23.5 Å². The molecule has 5 amide bonds. The summed E-state index contributed by atoms with van der Waals surface area (Å²) in [4.78, 5) is 69.2. The molecule has 4 heterocycles. The van der Waals surface area contributed by atoms with Crippen LogP contribution >= 0.6 is 11.3 Å². The van der Waals surface area contributed by atoms with Crippen molar-refractivity contribution in [3.05, 3.63) is 94.0 Å². The van der Waals surface area contributed by atoms with Crippen molar-refractivity contribution >= 4 is 91.6 Å². The number of nitrogen functional groups attached to an aromatic ring is 1. The third-order valence-electron chi connectivity index (χ3n) is 10.5. The number of imide groups is 1. The van der Waals surface area contributed by atoms with Crippen LogP contribution in [0.25, 0.3) is 33.1 Å². The Morgan fingerprint density at radius 2 is 1.84 bits per heavy atom. The van der Waals surface area contributed by atoms with Gasteiger partial charge in [-0.25, -0.2) is 0 Å². The van der Waals surface area contributed by atoms with Crippen LogP contribution < -0.4 is 26.0 Å². The molecule has 300 valence electrons. The van der Waals surface area contributed by atoms with Crippen molar-refractivity contribution in [1.29, 1.82) is 0 Å². The van der Waals surface area contributed by atoms with Crippen molar-refractivity contribution in [2.75, 3.05) is 62.3 Å². The zero-order chi connectivity index (χ0) is 40.8. The number of carbonyl (C=O) groups is 5. The first-order chi connectivity index (χ1) is 28.1. The number of ether oxygens (including phenoxy) is 1. The molecule has 0 fully saturated rings. The number of unbranched alkanes of at least 4 members (excludes halogenated alkanes) is 2. The lowest BCUT2D eigenvalue weighted by atomic mass is 10.0.